The van der Waals surface area contributed by atoms with Gasteiger partial charge < -0.3 is 11.1 Å². The molecule has 0 unspecified atom stereocenters. The Morgan fingerprint density at radius 3 is 3.21 bits per heavy atom. The van der Waals surface area contributed by atoms with Gasteiger partial charge >= 0.3 is 0 Å². The van der Waals surface area contributed by atoms with E-state index in [-0.39, 0.29) is 12.5 Å². The van der Waals surface area contributed by atoms with Crippen LogP contribution in [0.5, 0.6) is 0 Å². The molecule has 0 aliphatic carbocycles. The van der Waals surface area contributed by atoms with Gasteiger partial charge in [0.05, 0.1) is 13.1 Å². The Bertz CT molecular complexity index is 592. The third-order valence-corrected chi connectivity index (χ3v) is 3.25. The summed E-state index contributed by atoms with van der Waals surface area (Å²) in [5, 5.41) is 8.78. The van der Waals surface area contributed by atoms with Crippen LogP contribution in [0.2, 0.25) is 0 Å². The van der Waals surface area contributed by atoms with Crippen molar-refractivity contribution in [3.63, 3.8) is 0 Å². The lowest BCUT2D eigenvalue weighted by Crippen LogP contribution is -2.26. The predicted octanol–water partition coefficient (Wildman–Crippen LogP) is 0.571. The fourth-order valence-electron chi connectivity index (χ4n) is 1.47. The summed E-state index contributed by atoms with van der Waals surface area (Å²) >= 11 is 1.57. The molecule has 2 aromatic heterocycles. The van der Waals surface area contributed by atoms with Crippen molar-refractivity contribution in [1.82, 2.24) is 15.1 Å². The van der Waals surface area contributed by atoms with Gasteiger partial charge in [-0.25, -0.2) is 0 Å². The zero-order valence-corrected chi connectivity index (χ0v) is 11.1. The third-order valence-electron chi connectivity index (χ3n) is 2.31. The van der Waals surface area contributed by atoms with Crippen molar-refractivity contribution in [3.05, 3.63) is 40.3 Å². The number of nitrogens with zero attached hydrogens (tertiary/aromatic N) is 2. The number of hydrogen-bond donors (Lipinski definition) is 2. The second-order valence-electron chi connectivity index (χ2n) is 3.79. The Morgan fingerprint density at radius 2 is 2.47 bits per heavy atom. The molecule has 0 aliphatic heterocycles. The van der Waals surface area contributed by atoms with E-state index >= 15 is 0 Å². The van der Waals surface area contributed by atoms with Crippen molar-refractivity contribution in [1.29, 1.82) is 0 Å². The highest BCUT2D eigenvalue weighted by molar-refractivity contribution is 7.10. The number of amides is 1. The molecule has 0 spiro atoms. The molecule has 0 aromatic carbocycles. The van der Waals surface area contributed by atoms with Crippen LogP contribution >= 0.6 is 11.3 Å². The Labute approximate surface area is 115 Å². The predicted molar refractivity (Wildman–Crippen MR) is 74.3 cm³/mol. The maximum atomic E-state index is 11.7. The van der Waals surface area contributed by atoms with Crippen LogP contribution in [0.15, 0.2) is 29.9 Å². The lowest BCUT2D eigenvalue weighted by molar-refractivity contribution is -0.122. The molecule has 0 bridgehead atoms. The summed E-state index contributed by atoms with van der Waals surface area (Å²) in [6.07, 6.45) is 3.40. The highest BCUT2D eigenvalue weighted by atomic mass is 32.1. The van der Waals surface area contributed by atoms with Crippen LogP contribution in [0.25, 0.3) is 0 Å². The highest BCUT2D eigenvalue weighted by Crippen LogP contribution is 2.13. The molecule has 2 heterocycles. The average Bonchev–Trinajstić information content (AvgIpc) is 3.05. The summed E-state index contributed by atoms with van der Waals surface area (Å²) in [5.41, 5.74) is 6.25. The first kappa shape index (κ1) is 13.3. The largest absolute Gasteiger partial charge is 0.350 e. The Kier molecular flexibility index (Phi) is 4.72. The quantitative estimate of drug-likeness (QED) is 0.801. The second kappa shape index (κ2) is 6.73. The molecular formula is C13H14N4OS. The van der Waals surface area contributed by atoms with Gasteiger partial charge in [-0.1, -0.05) is 11.8 Å². The van der Waals surface area contributed by atoms with Gasteiger partial charge in [0.1, 0.15) is 6.54 Å². The van der Waals surface area contributed by atoms with E-state index in [1.54, 1.807) is 34.5 Å². The van der Waals surface area contributed by atoms with Crippen molar-refractivity contribution >= 4 is 17.2 Å². The van der Waals surface area contributed by atoms with Gasteiger partial charge in [0.15, 0.2) is 0 Å². The van der Waals surface area contributed by atoms with Gasteiger partial charge in [-0.3, -0.25) is 9.48 Å². The number of hydrogen-bond acceptors (Lipinski definition) is 4. The number of nitrogens with two attached hydrogens (primary N) is 1. The topological polar surface area (TPSA) is 72.9 Å². The minimum atomic E-state index is -0.0632. The first-order valence-electron chi connectivity index (χ1n) is 5.78. The standard InChI is InChI=1S/C13H14N4OS/c14-4-1-3-11-7-12(19-10-11)8-15-13(18)9-17-6-2-5-16-17/h2,5-7,10H,4,8-9,14H2,(H,15,18). The minimum Gasteiger partial charge on any atom is -0.350 e. The van der Waals surface area contributed by atoms with E-state index in [1.165, 1.54) is 0 Å². The van der Waals surface area contributed by atoms with Crippen LogP contribution in [0.1, 0.15) is 10.4 Å². The van der Waals surface area contributed by atoms with Crippen molar-refractivity contribution in [2.45, 2.75) is 13.1 Å². The van der Waals surface area contributed by atoms with Gasteiger partial charge in [0.25, 0.3) is 0 Å². The fourth-order valence-corrected chi connectivity index (χ4v) is 2.23. The van der Waals surface area contributed by atoms with E-state index in [2.05, 4.69) is 22.3 Å². The van der Waals surface area contributed by atoms with Crippen LogP contribution < -0.4 is 11.1 Å². The summed E-state index contributed by atoms with van der Waals surface area (Å²) < 4.78 is 1.59. The molecule has 0 saturated carbocycles. The first-order chi connectivity index (χ1) is 9.28. The van der Waals surface area contributed by atoms with Crippen LogP contribution in [-0.2, 0) is 17.9 Å². The van der Waals surface area contributed by atoms with E-state index in [0.29, 0.717) is 13.1 Å². The number of aromatic nitrogens is 2. The monoisotopic (exact) mass is 274 g/mol. The molecular weight excluding hydrogens is 260 g/mol. The summed E-state index contributed by atoms with van der Waals surface area (Å²) in [5.74, 6) is 5.69. The second-order valence-corrected chi connectivity index (χ2v) is 4.78. The highest BCUT2D eigenvalue weighted by Gasteiger charge is 2.04. The smallest absolute Gasteiger partial charge is 0.242 e. The van der Waals surface area contributed by atoms with Gasteiger partial charge in [-0.05, 0) is 12.1 Å². The molecule has 0 saturated heterocycles. The maximum Gasteiger partial charge on any atom is 0.242 e. The van der Waals surface area contributed by atoms with E-state index in [4.69, 9.17) is 5.73 Å². The minimum absolute atomic E-state index is 0.0632. The van der Waals surface area contributed by atoms with E-state index < -0.39 is 0 Å². The average molecular weight is 274 g/mol. The Hall–Kier alpha value is -2.10. The molecule has 98 valence electrons. The number of rotatable bonds is 4. The molecule has 6 heteroatoms. The molecule has 0 radical (unpaired) electrons. The van der Waals surface area contributed by atoms with Gasteiger partial charge in [0, 0.05) is 28.2 Å². The summed E-state index contributed by atoms with van der Waals surface area (Å²) in [6.45, 7) is 1.10. The fraction of sp³-hybridized carbons (Fsp3) is 0.231. The van der Waals surface area contributed by atoms with Crippen molar-refractivity contribution in [3.8, 4) is 11.8 Å². The van der Waals surface area contributed by atoms with E-state index in [1.807, 2.05) is 11.4 Å². The molecule has 3 N–H and O–H groups in total. The Morgan fingerprint density at radius 1 is 1.58 bits per heavy atom. The summed E-state index contributed by atoms with van der Waals surface area (Å²) in [7, 11) is 0. The maximum absolute atomic E-state index is 11.7. The third kappa shape index (κ3) is 4.25. The zero-order chi connectivity index (χ0) is 13.5. The Balaban J connectivity index is 1.81. The van der Waals surface area contributed by atoms with Crippen LogP contribution in [0, 0.1) is 11.8 Å². The summed E-state index contributed by atoms with van der Waals surface area (Å²) in [6, 6.07) is 3.75. The molecule has 19 heavy (non-hydrogen) atoms. The van der Waals surface area contributed by atoms with Gasteiger partial charge in [-0.2, -0.15) is 5.10 Å². The molecule has 2 aromatic rings. The number of thiophene rings is 1. The first-order valence-corrected chi connectivity index (χ1v) is 6.66. The number of nitrogens with one attached hydrogen (secondary N) is 1. The number of carbonyl (C=O) groups excluding carboxylic acids is 1. The lowest BCUT2D eigenvalue weighted by atomic mass is 10.3. The van der Waals surface area contributed by atoms with Gasteiger partial charge in [0.2, 0.25) is 5.91 Å². The molecule has 0 fully saturated rings. The molecule has 0 aliphatic rings. The normalized spacial score (nSPS) is 9.74. The molecule has 2 rings (SSSR count). The van der Waals surface area contributed by atoms with E-state index in [9.17, 15) is 4.79 Å². The zero-order valence-electron chi connectivity index (χ0n) is 10.3. The SMILES string of the molecule is NCC#Cc1csc(CNC(=O)Cn2cccn2)c1. The van der Waals surface area contributed by atoms with Crippen molar-refractivity contribution in [2.75, 3.05) is 6.54 Å². The molecule has 5 nitrogen and oxygen atoms in total. The molecule has 1 amide bonds. The van der Waals surface area contributed by atoms with Crippen molar-refractivity contribution in [2.24, 2.45) is 5.73 Å². The summed E-state index contributed by atoms with van der Waals surface area (Å²) in [4.78, 5) is 12.7. The van der Waals surface area contributed by atoms with Crippen molar-refractivity contribution < 1.29 is 4.79 Å². The van der Waals surface area contributed by atoms with Crippen LogP contribution in [0.3, 0.4) is 0 Å². The molecule has 0 atom stereocenters. The lowest BCUT2D eigenvalue weighted by Gasteiger charge is -2.03. The van der Waals surface area contributed by atoms with E-state index in [0.717, 1.165) is 10.4 Å². The van der Waals surface area contributed by atoms with Crippen LogP contribution in [0.4, 0.5) is 0 Å². The van der Waals surface area contributed by atoms with Crippen LogP contribution in [-0.4, -0.2) is 22.2 Å². The van der Waals surface area contributed by atoms with Gasteiger partial charge in [-0.15, -0.1) is 11.3 Å². The number of carbonyl (C=O) groups is 1.